The normalized spacial score (nSPS) is 26.7. The highest BCUT2D eigenvalue weighted by molar-refractivity contribution is 7.60. The first-order chi connectivity index (χ1) is 11.9. The smallest absolute Gasteiger partial charge is 0.116 e. The van der Waals surface area contributed by atoms with E-state index in [1.54, 1.807) is 0 Å². The zero-order chi connectivity index (χ0) is 16.2. The van der Waals surface area contributed by atoms with Gasteiger partial charge < -0.3 is 4.98 Å². The van der Waals surface area contributed by atoms with Crippen molar-refractivity contribution in [1.29, 1.82) is 0 Å². The Kier molecular flexibility index (Phi) is 5.62. The van der Waals surface area contributed by atoms with Crippen LogP contribution in [0, 0.1) is 0 Å². The van der Waals surface area contributed by atoms with Crippen LogP contribution >= 0.6 is 7.92 Å². The average Bonchev–Trinajstić information content (AvgIpc) is 3.20. The summed E-state index contributed by atoms with van der Waals surface area (Å²) in [7, 11) is 0.0563. The summed E-state index contributed by atoms with van der Waals surface area (Å²) in [5.74, 6) is 1.38. The van der Waals surface area contributed by atoms with Crippen LogP contribution in [-0.2, 0) is 5.16 Å². The molecule has 3 aliphatic carbocycles. The highest BCUT2D eigenvalue weighted by Gasteiger charge is 2.49. The molecule has 0 saturated heterocycles. The van der Waals surface area contributed by atoms with Crippen molar-refractivity contribution in [3.8, 4) is 0 Å². The van der Waals surface area contributed by atoms with Crippen LogP contribution in [-0.4, -0.2) is 21.3 Å². The van der Waals surface area contributed by atoms with Crippen molar-refractivity contribution in [3.05, 3.63) is 18.2 Å². The van der Waals surface area contributed by atoms with Crippen molar-refractivity contribution in [2.75, 3.05) is 0 Å². The van der Waals surface area contributed by atoms with Gasteiger partial charge in [0.05, 0.1) is 0 Å². The zero-order valence-corrected chi connectivity index (χ0v) is 16.2. The Balaban J connectivity index is 1.70. The fourth-order valence-electron chi connectivity index (χ4n) is 5.99. The molecule has 0 unspecified atom stereocenters. The van der Waals surface area contributed by atoms with Gasteiger partial charge in [0.2, 0.25) is 0 Å². The summed E-state index contributed by atoms with van der Waals surface area (Å²) in [6.45, 7) is 0. The minimum Gasteiger partial charge on any atom is -0.348 e. The lowest BCUT2D eigenvalue weighted by molar-refractivity contribution is 0.369. The molecule has 1 aromatic rings. The molecule has 0 radical (unpaired) electrons. The molecule has 3 aliphatic rings. The third-order valence-corrected chi connectivity index (χ3v) is 11.3. The van der Waals surface area contributed by atoms with Crippen LogP contribution in [0.5, 0.6) is 0 Å². The molecule has 3 heteroatoms. The van der Waals surface area contributed by atoms with Crippen molar-refractivity contribution in [3.63, 3.8) is 0 Å². The standard InChI is InChI=1S/C21H35N2P/c1-4-10-18(11-5-1)24(19-12-6-2-7-13-19)21(14-8-3-9-15-21)20-22-16-17-23-20/h16-19H,1-15H2,(H,22,23). The first-order valence-corrected chi connectivity index (χ1v) is 12.2. The van der Waals surface area contributed by atoms with E-state index in [0.29, 0.717) is 5.16 Å². The van der Waals surface area contributed by atoms with Crippen molar-refractivity contribution < 1.29 is 0 Å². The number of aromatic nitrogens is 2. The number of rotatable bonds is 4. The maximum atomic E-state index is 4.88. The van der Waals surface area contributed by atoms with Gasteiger partial charge in [-0.25, -0.2) is 4.98 Å². The van der Waals surface area contributed by atoms with Gasteiger partial charge in [0.15, 0.2) is 0 Å². The molecular formula is C21H35N2P. The molecule has 0 aromatic carbocycles. The van der Waals surface area contributed by atoms with Crippen LogP contribution in [0.1, 0.15) is 102 Å². The molecule has 3 fully saturated rings. The van der Waals surface area contributed by atoms with Gasteiger partial charge in [0.25, 0.3) is 0 Å². The van der Waals surface area contributed by atoms with E-state index < -0.39 is 0 Å². The molecule has 24 heavy (non-hydrogen) atoms. The van der Waals surface area contributed by atoms with Crippen molar-refractivity contribution in [1.82, 2.24) is 9.97 Å². The van der Waals surface area contributed by atoms with Crippen LogP contribution in [0.2, 0.25) is 0 Å². The predicted octanol–water partition coefficient (Wildman–Crippen LogP) is 6.72. The number of hydrogen-bond acceptors (Lipinski definition) is 1. The third-order valence-electron chi connectivity index (χ3n) is 7.05. The second kappa shape index (κ2) is 7.90. The van der Waals surface area contributed by atoms with Gasteiger partial charge in [0.1, 0.15) is 5.82 Å². The second-order valence-corrected chi connectivity index (χ2v) is 11.7. The molecule has 2 nitrogen and oxygen atoms in total. The van der Waals surface area contributed by atoms with Gasteiger partial charge in [-0.1, -0.05) is 65.7 Å². The average molecular weight is 346 g/mol. The molecule has 1 N–H and O–H groups in total. The van der Waals surface area contributed by atoms with Crippen molar-refractivity contribution >= 4 is 7.92 Å². The minimum absolute atomic E-state index is 0.0563. The Morgan fingerprint density at radius 3 is 1.83 bits per heavy atom. The van der Waals surface area contributed by atoms with Crippen LogP contribution in [0.4, 0.5) is 0 Å². The highest BCUT2D eigenvalue weighted by Crippen LogP contribution is 2.70. The van der Waals surface area contributed by atoms with Gasteiger partial charge in [-0.05, 0) is 49.8 Å². The lowest BCUT2D eigenvalue weighted by atomic mass is 9.87. The Hall–Kier alpha value is -0.360. The van der Waals surface area contributed by atoms with Gasteiger partial charge in [0, 0.05) is 17.5 Å². The predicted molar refractivity (Wildman–Crippen MR) is 104 cm³/mol. The van der Waals surface area contributed by atoms with Crippen molar-refractivity contribution in [2.45, 2.75) is 113 Å². The number of nitrogens with zero attached hydrogens (tertiary/aromatic N) is 1. The Bertz CT molecular complexity index is 462. The van der Waals surface area contributed by atoms with Gasteiger partial charge >= 0.3 is 0 Å². The van der Waals surface area contributed by atoms with E-state index in [-0.39, 0.29) is 7.92 Å². The van der Waals surface area contributed by atoms with E-state index in [1.807, 2.05) is 6.20 Å². The van der Waals surface area contributed by atoms with E-state index in [0.717, 1.165) is 11.3 Å². The number of imidazole rings is 1. The minimum atomic E-state index is 0.0563. The summed E-state index contributed by atoms with van der Waals surface area (Å²) in [6.07, 6.45) is 26.2. The number of H-pyrrole nitrogens is 1. The van der Waals surface area contributed by atoms with Gasteiger partial charge in [-0.3, -0.25) is 0 Å². The Labute approximate surface area is 149 Å². The molecular weight excluding hydrogens is 311 g/mol. The van der Waals surface area contributed by atoms with Crippen LogP contribution < -0.4 is 0 Å². The first-order valence-electron chi connectivity index (χ1n) is 10.7. The van der Waals surface area contributed by atoms with E-state index in [9.17, 15) is 0 Å². The summed E-state index contributed by atoms with van der Waals surface area (Å²) >= 11 is 0. The SMILES string of the molecule is c1c[nH]c(C2(P(C3CCCCC3)C3CCCCC3)CCCCC2)n1. The Morgan fingerprint density at radius 1 is 0.792 bits per heavy atom. The van der Waals surface area contributed by atoms with Crippen molar-refractivity contribution in [2.24, 2.45) is 0 Å². The summed E-state index contributed by atoms with van der Waals surface area (Å²) in [5.41, 5.74) is 2.06. The number of hydrogen-bond donors (Lipinski definition) is 1. The van der Waals surface area contributed by atoms with Crippen LogP contribution in [0.3, 0.4) is 0 Å². The third kappa shape index (κ3) is 3.33. The highest BCUT2D eigenvalue weighted by atomic mass is 31.1. The maximum absolute atomic E-state index is 4.88. The quantitative estimate of drug-likeness (QED) is 0.603. The largest absolute Gasteiger partial charge is 0.348 e. The van der Waals surface area contributed by atoms with E-state index in [2.05, 4.69) is 11.2 Å². The molecule has 0 bridgehead atoms. The first kappa shape index (κ1) is 17.1. The fraction of sp³-hybridized carbons (Fsp3) is 0.857. The fourth-order valence-corrected chi connectivity index (χ4v) is 11.0. The van der Waals surface area contributed by atoms with Gasteiger partial charge in [-0.2, -0.15) is 0 Å². The molecule has 0 amide bonds. The number of aromatic amines is 1. The molecule has 1 aromatic heterocycles. The van der Waals surface area contributed by atoms with Crippen LogP contribution in [0.15, 0.2) is 12.4 Å². The number of nitrogens with one attached hydrogen (secondary N) is 1. The molecule has 3 saturated carbocycles. The zero-order valence-electron chi connectivity index (χ0n) is 15.3. The van der Waals surface area contributed by atoms with E-state index in [4.69, 9.17) is 4.98 Å². The summed E-state index contributed by atoms with van der Waals surface area (Å²) in [4.78, 5) is 8.49. The Morgan fingerprint density at radius 2 is 1.33 bits per heavy atom. The topological polar surface area (TPSA) is 28.7 Å². The lowest BCUT2D eigenvalue weighted by Gasteiger charge is -2.51. The summed E-state index contributed by atoms with van der Waals surface area (Å²) in [6, 6.07) is 0. The monoisotopic (exact) mass is 346 g/mol. The van der Waals surface area contributed by atoms with E-state index in [1.165, 1.54) is 102 Å². The molecule has 0 atom stereocenters. The lowest BCUT2D eigenvalue weighted by Crippen LogP contribution is -2.37. The molecule has 0 spiro atoms. The van der Waals surface area contributed by atoms with E-state index >= 15 is 0 Å². The van der Waals surface area contributed by atoms with Gasteiger partial charge in [-0.15, -0.1) is 0 Å². The molecule has 1 heterocycles. The molecule has 134 valence electrons. The van der Waals surface area contributed by atoms with Crippen LogP contribution in [0.25, 0.3) is 0 Å². The molecule has 0 aliphatic heterocycles. The second-order valence-electron chi connectivity index (χ2n) is 8.52. The molecule has 4 rings (SSSR count). The summed E-state index contributed by atoms with van der Waals surface area (Å²) < 4.78 is 0. The maximum Gasteiger partial charge on any atom is 0.116 e. The summed E-state index contributed by atoms with van der Waals surface area (Å²) in [5, 5.41) is 0.432.